The topological polar surface area (TPSA) is 0 Å². The third-order valence-corrected chi connectivity index (χ3v) is 36.6. The van der Waals surface area contributed by atoms with Crippen LogP contribution in [-0.4, -0.2) is 9.52 Å². The van der Waals surface area contributed by atoms with Crippen LogP contribution in [-0.2, 0) is 29.2 Å². The van der Waals surface area contributed by atoms with Crippen LogP contribution in [0.25, 0.3) is 45.5 Å². The van der Waals surface area contributed by atoms with Gasteiger partial charge in [-0.15, -0.1) is 0 Å². The normalized spacial score (nSPS) is 17.8. The molecule has 0 saturated heterocycles. The molecule has 6 aromatic rings. The van der Waals surface area contributed by atoms with Gasteiger partial charge in [-0.3, -0.25) is 0 Å². The first-order valence-electron chi connectivity index (χ1n) is 21.5. The van der Waals surface area contributed by atoms with E-state index in [4.69, 9.17) is 0 Å². The van der Waals surface area contributed by atoms with Gasteiger partial charge in [-0.25, -0.2) is 0 Å². The van der Waals surface area contributed by atoms with Gasteiger partial charge in [-0.2, -0.15) is 0 Å². The summed E-state index contributed by atoms with van der Waals surface area (Å²) in [4.78, 5) is 0. The molecule has 1 aliphatic heterocycles. The molecule has 0 bridgehead atoms. The van der Waals surface area contributed by atoms with Crippen molar-refractivity contribution in [3.63, 3.8) is 0 Å². The van der Waals surface area contributed by atoms with E-state index in [-0.39, 0.29) is 19.1 Å². The van der Waals surface area contributed by atoms with Crippen LogP contribution in [0.5, 0.6) is 0 Å². The summed E-state index contributed by atoms with van der Waals surface area (Å²) >= 11 is -5.68. The van der Waals surface area contributed by atoms with Gasteiger partial charge in [0.1, 0.15) is 0 Å². The van der Waals surface area contributed by atoms with Crippen LogP contribution < -0.4 is 13.6 Å². The van der Waals surface area contributed by atoms with Crippen molar-refractivity contribution in [1.29, 1.82) is 0 Å². The number of allylic oxidation sites excluding steroid dienone is 2. The monoisotopic (exact) mass is 891 g/mol. The van der Waals surface area contributed by atoms with Crippen molar-refractivity contribution < 1.29 is 16.4 Å². The Morgan fingerprint density at radius 2 is 0.983 bits per heavy atom. The van der Waals surface area contributed by atoms with Crippen LogP contribution in [0.2, 0.25) is 0 Å². The van der Waals surface area contributed by atoms with Gasteiger partial charge in [0, 0.05) is 0 Å². The molecule has 0 spiro atoms. The molecule has 58 heavy (non-hydrogen) atoms. The van der Waals surface area contributed by atoms with Crippen molar-refractivity contribution in [3.05, 3.63) is 171 Å². The quantitative estimate of drug-likeness (QED) is 0.127. The Bertz CT molecular complexity index is 2580. The maximum atomic E-state index is 9.41. The van der Waals surface area contributed by atoms with Crippen LogP contribution in [0.1, 0.15) is 93.3 Å². The fraction of sp³-hybridized carbons (Fsp3) is 0.259. The van der Waals surface area contributed by atoms with Crippen LogP contribution in [0, 0.1) is 25.7 Å². The van der Waals surface area contributed by atoms with Crippen LogP contribution in [0.15, 0.2) is 126 Å². The zero-order valence-electron chi connectivity index (χ0n) is 35.3. The van der Waals surface area contributed by atoms with E-state index in [1.54, 1.807) is 0 Å². The van der Waals surface area contributed by atoms with Gasteiger partial charge in [0.2, 0.25) is 0 Å². The number of fused-ring (bicyclic) bond motifs is 5. The molecule has 1 heterocycles. The first kappa shape index (κ1) is 39.9. The summed E-state index contributed by atoms with van der Waals surface area (Å²) in [5.41, 5.74) is 21.5. The second-order valence-corrected chi connectivity index (χ2v) is 40.3. The Labute approximate surface area is 357 Å². The summed E-state index contributed by atoms with van der Waals surface area (Å²) in [7, 11) is 18.0. The van der Waals surface area contributed by atoms with Gasteiger partial charge in [-0.1, -0.05) is 0 Å². The molecule has 2 atom stereocenters. The van der Waals surface area contributed by atoms with Crippen molar-refractivity contribution >= 4 is 52.3 Å². The van der Waals surface area contributed by atoms with Crippen LogP contribution in [0.3, 0.4) is 0 Å². The summed E-state index contributed by atoms with van der Waals surface area (Å²) in [6, 6.07) is 43.6. The van der Waals surface area contributed by atoms with Gasteiger partial charge in [0.15, 0.2) is 0 Å². The zero-order valence-corrected chi connectivity index (χ0v) is 40.7. The standard InChI is InChI=1S/2C21H23.C12H9Si.2ClH.Zr/c2*1-5-16-10-11-17-12-18(14(2)3)13-20(17)21(16)19-9-7-6-8-15(19)4;1-3-7-11-9(5-1)10-6-2-4-8-12(10)13-11;;;/h2*6-14H,5H2,1-4H3;1-7H,13H2;2*1H;/q;;;;;+2/p-2. The van der Waals surface area contributed by atoms with Crippen molar-refractivity contribution in [1.82, 2.24) is 0 Å². The van der Waals surface area contributed by atoms with Crippen LogP contribution in [0.4, 0.5) is 0 Å². The van der Waals surface area contributed by atoms with Crippen LogP contribution >= 0.6 is 17.0 Å². The molecule has 6 aromatic carbocycles. The number of hydrogen-bond donors (Lipinski definition) is 0. The third kappa shape index (κ3) is 5.90. The second kappa shape index (κ2) is 14.9. The molecule has 0 saturated carbocycles. The third-order valence-electron chi connectivity index (χ3n) is 14.0. The Balaban J connectivity index is 1.42. The summed E-state index contributed by atoms with van der Waals surface area (Å²) < 4.78 is 1.08. The molecular weight excluding hydrogens is 839 g/mol. The van der Waals surface area contributed by atoms with Crippen molar-refractivity contribution in [2.24, 2.45) is 11.8 Å². The Morgan fingerprint density at radius 1 is 0.534 bits per heavy atom. The fourth-order valence-electron chi connectivity index (χ4n) is 11.2. The minimum absolute atomic E-state index is 0.108. The molecule has 2 aliphatic carbocycles. The average Bonchev–Trinajstić information content (AvgIpc) is 3.94. The molecule has 2 unspecified atom stereocenters. The van der Waals surface area contributed by atoms with E-state index in [1.807, 2.05) is 0 Å². The Kier molecular flexibility index (Phi) is 10.2. The molecule has 0 nitrogen and oxygen atoms in total. The minimum atomic E-state index is -5.68. The van der Waals surface area contributed by atoms with E-state index in [9.17, 15) is 17.0 Å². The van der Waals surface area contributed by atoms with Gasteiger partial charge in [0.05, 0.1) is 0 Å². The first-order chi connectivity index (χ1) is 27.9. The predicted octanol–water partition coefficient (Wildman–Crippen LogP) is 13.1. The molecular formula is C54H55Cl2SiZr. The van der Waals surface area contributed by atoms with Crippen molar-refractivity contribution in [3.8, 4) is 33.4 Å². The van der Waals surface area contributed by atoms with Gasteiger partial charge >= 0.3 is 360 Å². The van der Waals surface area contributed by atoms with E-state index in [0.717, 1.165) is 12.8 Å². The van der Waals surface area contributed by atoms with E-state index >= 15 is 0 Å². The Hall–Kier alpha value is -3.52. The average molecular weight is 894 g/mol. The SMILES string of the molecule is CCc1ccc2c(c1-c1ccccc1C)C=C(C(C)C)[CH]2[Zr]([Cl])([Cl])([c]1cccc2c1[SiH2]c1ccccc1-2)[CH]1C(C(C)C)=Cc2c1ccc(CC)c2-c1ccccc1C. The zero-order chi connectivity index (χ0) is 40.7. The maximum absolute atomic E-state index is 9.41. The van der Waals surface area contributed by atoms with Gasteiger partial charge in [-0.05, 0) is 0 Å². The summed E-state index contributed by atoms with van der Waals surface area (Å²) in [5, 5.41) is 2.97. The Morgan fingerprint density at radius 3 is 1.45 bits per heavy atom. The fourth-order valence-corrected chi connectivity index (χ4v) is 39.5. The molecule has 4 heteroatoms. The molecule has 0 radical (unpaired) electrons. The molecule has 9 rings (SSSR count). The predicted molar refractivity (Wildman–Crippen MR) is 254 cm³/mol. The molecule has 0 amide bonds. The van der Waals surface area contributed by atoms with Gasteiger partial charge < -0.3 is 0 Å². The van der Waals surface area contributed by atoms with Crippen molar-refractivity contribution in [2.45, 2.75) is 75.5 Å². The summed E-state index contributed by atoms with van der Waals surface area (Å²) in [6.45, 7) is 18.6. The molecule has 293 valence electrons. The number of benzene rings is 6. The van der Waals surface area contributed by atoms with Crippen molar-refractivity contribution in [2.75, 3.05) is 0 Å². The summed E-state index contributed by atoms with van der Waals surface area (Å²) in [6.07, 6.45) is 7.01. The van der Waals surface area contributed by atoms with Gasteiger partial charge in [0.25, 0.3) is 0 Å². The number of aryl methyl sites for hydroxylation is 4. The van der Waals surface area contributed by atoms with E-state index in [0.29, 0.717) is 0 Å². The molecule has 3 aliphatic rings. The second-order valence-electron chi connectivity index (χ2n) is 17.8. The molecule has 0 aromatic heterocycles. The van der Waals surface area contributed by atoms with E-state index in [2.05, 4.69) is 183 Å². The molecule has 0 fully saturated rings. The van der Waals surface area contributed by atoms with E-state index < -0.39 is 25.9 Å². The number of halogens is 2. The number of rotatable bonds is 9. The van der Waals surface area contributed by atoms with E-state index in [1.165, 1.54) is 103 Å². The molecule has 0 N–H and O–H groups in total. The first-order valence-corrected chi connectivity index (χ1v) is 33.3. The number of hydrogen-bond acceptors (Lipinski definition) is 0. The summed E-state index contributed by atoms with van der Waals surface area (Å²) in [5.74, 6) is 0.502.